The van der Waals surface area contributed by atoms with Gasteiger partial charge in [-0.2, -0.15) is 0 Å². The van der Waals surface area contributed by atoms with Crippen LogP contribution in [0.2, 0.25) is 6.04 Å². The molecule has 0 saturated heterocycles. The molecule has 0 amide bonds. The number of unbranched alkanes of at least 4 members (excludes halogenated alkanes) is 2. The van der Waals surface area contributed by atoms with E-state index in [2.05, 4.69) is 4.74 Å². The third-order valence-corrected chi connectivity index (χ3v) is 7.40. The molecule has 0 aliphatic heterocycles. The molecule has 0 N–H and O–H groups in total. The number of ether oxygens (including phenoxy) is 2. The molecule has 0 atom stereocenters. The van der Waals surface area contributed by atoms with Gasteiger partial charge < -0.3 is 22.8 Å². The Kier molecular flexibility index (Phi) is 12.9. The fourth-order valence-corrected chi connectivity index (χ4v) is 5.58. The second-order valence-corrected chi connectivity index (χ2v) is 9.30. The lowest BCUT2D eigenvalue weighted by Gasteiger charge is -2.28. The second kappa shape index (κ2) is 14.8. The summed E-state index contributed by atoms with van der Waals surface area (Å²) in [5.41, 5.74) is 0.452. The Morgan fingerprint density at radius 1 is 1.00 bits per heavy atom. The van der Waals surface area contributed by atoms with Crippen molar-refractivity contribution >= 4 is 26.8 Å². The van der Waals surface area contributed by atoms with Crippen molar-refractivity contribution in [3.63, 3.8) is 0 Å². The quantitative estimate of drug-likeness (QED) is 0.126. The Balaban J connectivity index is 2.46. The number of rotatable bonds is 15. The molecule has 0 spiro atoms. The van der Waals surface area contributed by atoms with Gasteiger partial charge in [0.15, 0.2) is 11.6 Å². The van der Waals surface area contributed by atoms with Gasteiger partial charge in [-0.3, -0.25) is 4.79 Å². The van der Waals surface area contributed by atoms with Crippen molar-refractivity contribution in [3.05, 3.63) is 35.7 Å². The van der Waals surface area contributed by atoms with Crippen molar-refractivity contribution in [1.29, 1.82) is 0 Å². The fraction of sp³-hybridized carbons (Fsp3) is 0.545. The van der Waals surface area contributed by atoms with Gasteiger partial charge in [0.2, 0.25) is 0 Å². The maximum atomic E-state index is 14.1. The number of benzene rings is 1. The van der Waals surface area contributed by atoms with Crippen LogP contribution in [-0.2, 0) is 27.6 Å². The molecular formula is C22H33FO7Si. The highest BCUT2D eigenvalue weighted by Gasteiger charge is 2.39. The van der Waals surface area contributed by atoms with Crippen LogP contribution in [0.4, 0.5) is 4.39 Å². The Morgan fingerprint density at radius 3 is 2.19 bits per heavy atom. The molecule has 1 aromatic carbocycles. The first-order chi connectivity index (χ1) is 14.9. The number of hydrogen-bond acceptors (Lipinski definition) is 7. The molecule has 0 aromatic heterocycles. The normalized spacial score (nSPS) is 11.6. The van der Waals surface area contributed by atoms with Crippen molar-refractivity contribution in [1.82, 2.24) is 0 Å². The maximum absolute atomic E-state index is 14.1. The first-order valence-electron chi connectivity index (χ1n) is 10.6. The summed E-state index contributed by atoms with van der Waals surface area (Å²) in [6.07, 6.45) is 4.95. The maximum Gasteiger partial charge on any atom is 0.500 e. The summed E-state index contributed by atoms with van der Waals surface area (Å²) in [5.74, 6) is -1.86. The number of carbonyl (C=O) groups is 2. The molecule has 0 fully saturated rings. The van der Waals surface area contributed by atoms with Crippen LogP contribution in [0.15, 0.2) is 24.3 Å². The minimum absolute atomic E-state index is 0.143. The molecule has 7 nitrogen and oxygen atoms in total. The number of esters is 2. The molecule has 0 saturated carbocycles. The fourth-order valence-electron chi connectivity index (χ4n) is 2.90. The van der Waals surface area contributed by atoms with E-state index in [1.165, 1.54) is 31.4 Å². The molecule has 174 valence electrons. The minimum Gasteiger partial charge on any atom is -0.466 e. The molecule has 0 heterocycles. The van der Waals surface area contributed by atoms with Crippen LogP contribution in [0, 0.1) is 5.82 Å². The largest absolute Gasteiger partial charge is 0.500 e. The Labute approximate surface area is 184 Å². The second-order valence-electron chi connectivity index (χ2n) is 6.56. The van der Waals surface area contributed by atoms with Crippen LogP contribution in [0.25, 0.3) is 6.08 Å². The molecule has 0 radical (unpaired) electrons. The average molecular weight is 457 g/mol. The van der Waals surface area contributed by atoms with Gasteiger partial charge >= 0.3 is 20.7 Å². The van der Waals surface area contributed by atoms with E-state index in [0.717, 1.165) is 12.8 Å². The van der Waals surface area contributed by atoms with Crippen LogP contribution in [0.5, 0.6) is 5.75 Å². The number of carbonyl (C=O) groups excluding carboxylic acids is 2. The highest BCUT2D eigenvalue weighted by atomic mass is 28.4. The molecule has 0 aliphatic rings. The van der Waals surface area contributed by atoms with Crippen molar-refractivity contribution < 1.29 is 36.7 Å². The average Bonchev–Trinajstić information content (AvgIpc) is 2.74. The van der Waals surface area contributed by atoms with E-state index in [1.54, 1.807) is 6.07 Å². The van der Waals surface area contributed by atoms with Crippen LogP contribution in [0.3, 0.4) is 0 Å². The lowest BCUT2D eigenvalue weighted by Crippen LogP contribution is -2.45. The first-order valence-corrected chi connectivity index (χ1v) is 12.5. The highest BCUT2D eigenvalue weighted by Crippen LogP contribution is 2.22. The summed E-state index contributed by atoms with van der Waals surface area (Å²) in [7, 11) is -1.41. The van der Waals surface area contributed by atoms with E-state index in [1.807, 2.05) is 20.8 Å². The summed E-state index contributed by atoms with van der Waals surface area (Å²) < 4.78 is 41.2. The molecule has 1 rings (SSSR count). The summed E-state index contributed by atoms with van der Waals surface area (Å²) in [6, 6.07) is 4.77. The van der Waals surface area contributed by atoms with Gasteiger partial charge in [0.05, 0.1) is 7.11 Å². The molecule has 0 aliphatic carbocycles. The Bertz CT molecular complexity index is 707. The molecule has 0 bridgehead atoms. The van der Waals surface area contributed by atoms with Crippen molar-refractivity contribution in [2.45, 2.75) is 52.5 Å². The van der Waals surface area contributed by atoms with E-state index < -0.39 is 26.6 Å². The lowest BCUT2D eigenvalue weighted by atomic mass is 10.2. The zero-order chi connectivity index (χ0) is 23.1. The molecule has 31 heavy (non-hydrogen) atoms. The molecule has 0 unspecified atom stereocenters. The van der Waals surface area contributed by atoms with Gasteiger partial charge in [-0.05, 0) is 57.4 Å². The summed E-state index contributed by atoms with van der Waals surface area (Å²) in [6.45, 7) is 7.33. The predicted octanol–water partition coefficient (Wildman–Crippen LogP) is 4.53. The smallest absolute Gasteiger partial charge is 0.466 e. The van der Waals surface area contributed by atoms with Gasteiger partial charge in [0, 0.05) is 38.4 Å². The summed E-state index contributed by atoms with van der Waals surface area (Å²) in [5, 5.41) is 0. The Morgan fingerprint density at radius 2 is 1.65 bits per heavy atom. The molecule has 1 aromatic rings. The van der Waals surface area contributed by atoms with E-state index in [-0.39, 0.29) is 12.2 Å². The summed E-state index contributed by atoms with van der Waals surface area (Å²) in [4.78, 5) is 23.1. The van der Waals surface area contributed by atoms with Crippen molar-refractivity contribution in [3.8, 4) is 5.75 Å². The SMILES string of the molecule is CCO[Si](CCCCCC(=O)Oc1ccc(C=CC(=O)OC)cc1F)(OCC)OCC. The molecule has 9 heteroatoms. The zero-order valence-electron chi connectivity index (χ0n) is 18.8. The van der Waals surface area contributed by atoms with Gasteiger partial charge in [0.25, 0.3) is 0 Å². The molecular weight excluding hydrogens is 423 g/mol. The van der Waals surface area contributed by atoms with Gasteiger partial charge in [0.1, 0.15) is 0 Å². The van der Waals surface area contributed by atoms with Crippen molar-refractivity contribution in [2.75, 3.05) is 26.9 Å². The zero-order valence-corrected chi connectivity index (χ0v) is 19.8. The first kappa shape index (κ1) is 27.0. The minimum atomic E-state index is -2.66. The van der Waals surface area contributed by atoms with E-state index in [9.17, 15) is 14.0 Å². The van der Waals surface area contributed by atoms with Crippen LogP contribution in [0.1, 0.15) is 52.0 Å². The van der Waals surface area contributed by atoms with Crippen LogP contribution >= 0.6 is 0 Å². The predicted molar refractivity (Wildman–Crippen MR) is 117 cm³/mol. The standard InChI is InChI=1S/C22H33FO7Si/c1-5-27-31(28-6-2,29-7-3)16-10-8-9-11-22(25)30-20-14-12-18(17-19(20)23)13-15-21(24)26-4/h12-15,17H,5-11,16H2,1-4H3. The number of hydrogen-bond donors (Lipinski definition) is 0. The lowest BCUT2D eigenvalue weighted by molar-refractivity contribution is -0.135. The van der Waals surface area contributed by atoms with Crippen molar-refractivity contribution in [2.24, 2.45) is 0 Å². The summed E-state index contributed by atoms with van der Waals surface area (Å²) >= 11 is 0. The number of methoxy groups -OCH3 is 1. The number of halogens is 1. The van der Waals surface area contributed by atoms with Crippen LogP contribution in [-0.4, -0.2) is 47.7 Å². The van der Waals surface area contributed by atoms with Gasteiger partial charge in [-0.25, -0.2) is 9.18 Å². The van der Waals surface area contributed by atoms with E-state index in [4.69, 9.17) is 18.0 Å². The third kappa shape index (κ3) is 10.2. The topological polar surface area (TPSA) is 80.3 Å². The van der Waals surface area contributed by atoms with E-state index >= 15 is 0 Å². The highest BCUT2D eigenvalue weighted by molar-refractivity contribution is 6.60. The monoisotopic (exact) mass is 456 g/mol. The third-order valence-electron chi connectivity index (χ3n) is 4.25. The Hall–Kier alpha value is -2.07. The van der Waals surface area contributed by atoms with Gasteiger partial charge in [-0.15, -0.1) is 0 Å². The van der Waals surface area contributed by atoms with E-state index in [0.29, 0.717) is 37.8 Å². The van der Waals surface area contributed by atoms with Crippen LogP contribution < -0.4 is 4.74 Å². The van der Waals surface area contributed by atoms with Gasteiger partial charge in [-0.1, -0.05) is 12.5 Å².